The Labute approximate surface area is 119 Å². The maximum atomic E-state index is 12.7. The number of ether oxygens (including phenoxy) is 1. The zero-order valence-electron chi connectivity index (χ0n) is 10.7. The maximum absolute atomic E-state index is 12.7. The average molecular weight is 308 g/mol. The van der Waals surface area contributed by atoms with E-state index in [0.717, 1.165) is 12.1 Å². The summed E-state index contributed by atoms with van der Waals surface area (Å²) in [6, 6.07) is 3.30. The minimum atomic E-state index is -4.56. The third kappa shape index (κ3) is 2.76. The number of halogens is 4. The number of hydrogen-bond donors (Lipinski definition) is 1. The Morgan fingerprint density at radius 2 is 2.10 bits per heavy atom. The van der Waals surface area contributed by atoms with Crippen LogP contribution in [0.2, 0.25) is 5.02 Å². The summed E-state index contributed by atoms with van der Waals surface area (Å²) in [6.07, 6.45) is -3.99. The molecule has 0 aliphatic carbocycles. The second-order valence-corrected chi connectivity index (χ2v) is 5.18. The van der Waals surface area contributed by atoms with Gasteiger partial charge in [0.25, 0.3) is 0 Å². The Morgan fingerprint density at radius 3 is 2.55 bits per heavy atom. The molecule has 1 fully saturated rings. The monoisotopic (exact) mass is 307 g/mol. The zero-order valence-corrected chi connectivity index (χ0v) is 11.4. The van der Waals surface area contributed by atoms with Gasteiger partial charge in [-0.2, -0.15) is 13.2 Å². The highest BCUT2D eigenvalue weighted by Crippen LogP contribution is 2.37. The quantitative estimate of drug-likeness (QED) is 0.924. The average Bonchev–Trinajstić information content (AvgIpc) is 2.29. The summed E-state index contributed by atoms with van der Waals surface area (Å²) >= 11 is 5.52. The van der Waals surface area contributed by atoms with E-state index in [0.29, 0.717) is 6.42 Å². The van der Waals surface area contributed by atoms with Crippen LogP contribution >= 0.6 is 11.6 Å². The lowest BCUT2D eigenvalue weighted by Crippen LogP contribution is -2.51. The molecule has 0 spiro atoms. The van der Waals surface area contributed by atoms with Crippen molar-refractivity contribution in [1.29, 1.82) is 0 Å². The number of rotatable bonds is 3. The molecule has 1 N–H and O–H groups in total. The lowest BCUT2D eigenvalue weighted by Gasteiger charge is -2.39. The summed E-state index contributed by atoms with van der Waals surface area (Å²) in [6.45, 7) is 2.41. The van der Waals surface area contributed by atoms with Crippen molar-refractivity contribution in [3.05, 3.63) is 28.8 Å². The molecule has 0 aromatic heterocycles. The van der Waals surface area contributed by atoms with Crippen LogP contribution in [0.15, 0.2) is 18.2 Å². The number of anilines is 1. The van der Waals surface area contributed by atoms with Gasteiger partial charge in [0.05, 0.1) is 29.2 Å². The van der Waals surface area contributed by atoms with E-state index in [2.05, 4.69) is 5.32 Å². The van der Waals surface area contributed by atoms with Crippen LogP contribution in [0.1, 0.15) is 18.9 Å². The van der Waals surface area contributed by atoms with Gasteiger partial charge in [0, 0.05) is 5.69 Å². The lowest BCUT2D eigenvalue weighted by atomic mass is 9.82. The zero-order chi connectivity index (χ0) is 15.0. The molecule has 1 aliphatic heterocycles. The first-order valence-electron chi connectivity index (χ1n) is 6.04. The smallest absolute Gasteiger partial charge is 0.379 e. The Hall–Kier alpha value is -1.27. The molecule has 1 heterocycles. The van der Waals surface area contributed by atoms with Gasteiger partial charge in [-0.1, -0.05) is 18.5 Å². The molecule has 20 heavy (non-hydrogen) atoms. The van der Waals surface area contributed by atoms with Gasteiger partial charge < -0.3 is 10.1 Å². The van der Waals surface area contributed by atoms with Gasteiger partial charge in [-0.3, -0.25) is 4.79 Å². The van der Waals surface area contributed by atoms with Crippen molar-refractivity contribution in [3.8, 4) is 0 Å². The molecular formula is C13H13ClF3NO2. The lowest BCUT2D eigenvalue weighted by molar-refractivity contribution is -0.156. The largest absolute Gasteiger partial charge is 0.417 e. The Kier molecular flexibility index (Phi) is 3.97. The van der Waals surface area contributed by atoms with E-state index in [1.807, 2.05) is 6.92 Å². The number of alkyl halides is 3. The number of carbonyl (C=O) groups is 1. The highest BCUT2D eigenvalue weighted by Gasteiger charge is 2.44. The molecule has 3 nitrogen and oxygen atoms in total. The highest BCUT2D eigenvalue weighted by molar-refractivity contribution is 6.31. The minimum Gasteiger partial charge on any atom is -0.379 e. The van der Waals surface area contributed by atoms with Crippen LogP contribution in [0.3, 0.4) is 0 Å². The van der Waals surface area contributed by atoms with Gasteiger partial charge in [0.15, 0.2) is 0 Å². The normalized spacial score (nSPS) is 17.4. The van der Waals surface area contributed by atoms with Crippen molar-refractivity contribution in [2.45, 2.75) is 19.5 Å². The summed E-state index contributed by atoms with van der Waals surface area (Å²) in [7, 11) is 0. The first-order chi connectivity index (χ1) is 9.28. The van der Waals surface area contributed by atoms with Crippen LogP contribution in [-0.2, 0) is 15.7 Å². The van der Waals surface area contributed by atoms with Crippen LogP contribution in [0.5, 0.6) is 0 Å². The van der Waals surface area contributed by atoms with Crippen molar-refractivity contribution < 1.29 is 22.7 Å². The van der Waals surface area contributed by atoms with Gasteiger partial charge in [-0.25, -0.2) is 0 Å². The molecular weight excluding hydrogens is 295 g/mol. The van der Waals surface area contributed by atoms with Crippen LogP contribution < -0.4 is 5.32 Å². The summed E-state index contributed by atoms with van der Waals surface area (Å²) in [5, 5.41) is 2.10. The molecule has 1 aliphatic rings. The molecule has 1 aromatic carbocycles. The van der Waals surface area contributed by atoms with E-state index in [1.54, 1.807) is 0 Å². The van der Waals surface area contributed by atoms with Gasteiger partial charge in [-0.05, 0) is 24.6 Å². The summed E-state index contributed by atoms with van der Waals surface area (Å²) < 4.78 is 43.2. The van der Waals surface area contributed by atoms with E-state index in [1.165, 1.54) is 6.07 Å². The van der Waals surface area contributed by atoms with E-state index in [-0.39, 0.29) is 24.8 Å². The molecule has 0 unspecified atom stereocenters. The fourth-order valence-electron chi connectivity index (χ4n) is 1.93. The molecule has 0 atom stereocenters. The topological polar surface area (TPSA) is 38.3 Å². The first-order valence-corrected chi connectivity index (χ1v) is 6.42. The van der Waals surface area contributed by atoms with Gasteiger partial charge in [0.2, 0.25) is 5.91 Å². The third-order valence-corrected chi connectivity index (χ3v) is 3.77. The van der Waals surface area contributed by atoms with Gasteiger partial charge in [0.1, 0.15) is 0 Å². The Balaban J connectivity index is 2.20. The molecule has 1 saturated heterocycles. The summed E-state index contributed by atoms with van der Waals surface area (Å²) in [4.78, 5) is 12.1. The third-order valence-electron chi connectivity index (χ3n) is 3.44. The number of hydrogen-bond acceptors (Lipinski definition) is 2. The van der Waals surface area contributed by atoms with Gasteiger partial charge in [-0.15, -0.1) is 0 Å². The fraction of sp³-hybridized carbons (Fsp3) is 0.462. The molecule has 2 rings (SSSR count). The Morgan fingerprint density at radius 1 is 1.45 bits per heavy atom. The molecule has 1 aromatic rings. The second kappa shape index (κ2) is 5.26. The SMILES string of the molecule is CCC1(C(=O)Nc2ccc(Cl)c(C(F)(F)F)c2)COC1. The van der Waals surface area contributed by atoms with Crippen molar-refractivity contribution in [3.63, 3.8) is 0 Å². The molecule has 0 radical (unpaired) electrons. The maximum Gasteiger partial charge on any atom is 0.417 e. The molecule has 0 saturated carbocycles. The van der Waals surface area contributed by atoms with Crippen molar-refractivity contribution in [2.75, 3.05) is 18.5 Å². The number of carbonyl (C=O) groups excluding carboxylic acids is 1. The molecule has 110 valence electrons. The van der Waals surface area contributed by atoms with Crippen LogP contribution in [-0.4, -0.2) is 19.1 Å². The second-order valence-electron chi connectivity index (χ2n) is 4.77. The fourth-order valence-corrected chi connectivity index (χ4v) is 2.15. The molecule has 0 bridgehead atoms. The van der Waals surface area contributed by atoms with Crippen LogP contribution in [0.4, 0.5) is 18.9 Å². The summed E-state index contributed by atoms with van der Waals surface area (Å²) in [5.41, 5.74) is -1.53. The van der Waals surface area contributed by atoms with Crippen molar-refractivity contribution in [2.24, 2.45) is 5.41 Å². The van der Waals surface area contributed by atoms with E-state index in [9.17, 15) is 18.0 Å². The van der Waals surface area contributed by atoms with Crippen LogP contribution in [0.25, 0.3) is 0 Å². The number of benzene rings is 1. The number of amides is 1. The predicted molar refractivity (Wildman–Crippen MR) is 68.6 cm³/mol. The Bertz CT molecular complexity index is 521. The molecule has 1 amide bonds. The van der Waals surface area contributed by atoms with Crippen molar-refractivity contribution in [1.82, 2.24) is 0 Å². The van der Waals surface area contributed by atoms with Gasteiger partial charge >= 0.3 is 6.18 Å². The summed E-state index contributed by atoms with van der Waals surface area (Å²) in [5.74, 6) is -0.332. The standard InChI is InChI=1S/C13H13ClF3NO2/c1-2-12(6-20-7-12)11(19)18-8-3-4-10(14)9(5-8)13(15,16)17/h3-5H,2,6-7H2,1H3,(H,18,19). The van der Waals surface area contributed by atoms with E-state index in [4.69, 9.17) is 16.3 Å². The molecule has 7 heteroatoms. The predicted octanol–water partition coefficient (Wildman–Crippen LogP) is 3.72. The van der Waals surface area contributed by atoms with Crippen molar-refractivity contribution >= 4 is 23.2 Å². The highest BCUT2D eigenvalue weighted by atomic mass is 35.5. The van der Waals surface area contributed by atoms with E-state index >= 15 is 0 Å². The first kappa shape index (κ1) is 15.1. The number of nitrogens with one attached hydrogen (secondary N) is 1. The van der Waals surface area contributed by atoms with Crippen LogP contribution in [0, 0.1) is 5.41 Å². The van der Waals surface area contributed by atoms with E-state index < -0.39 is 22.2 Å². The minimum absolute atomic E-state index is 0.0754.